The van der Waals surface area contributed by atoms with Crippen molar-refractivity contribution in [2.24, 2.45) is 16.5 Å². The minimum Gasteiger partial charge on any atom is -0.475 e. The van der Waals surface area contributed by atoms with Crippen molar-refractivity contribution in [3.8, 4) is 0 Å². The first-order chi connectivity index (χ1) is 15.8. The number of carboxylic acids is 1. The summed E-state index contributed by atoms with van der Waals surface area (Å²) in [5.74, 6) is -3.94. The Bertz CT molecular complexity index is 670. The van der Waals surface area contributed by atoms with Gasteiger partial charge in [0.1, 0.15) is 12.1 Å². The number of carboxylic acid groups (broad SMARTS) is 1. The van der Waals surface area contributed by atoms with E-state index >= 15 is 0 Å². The van der Waals surface area contributed by atoms with Gasteiger partial charge in [0.2, 0.25) is 11.8 Å². The summed E-state index contributed by atoms with van der Waals surface area (Å²) in [4.78, 5) is 48.8. The number of hydrogen-bond acceptors (Lipinski definition) is 6. The molecule has 7 N–H and O–H groups in total. The van der Waals surface area contributed by atoms with Gasteiger partial charge in [-0.25, -0.2) is 9.59 Å². The molecule has 0 radical (unpaired) electrons. The van der Waals surface area contributed by atoms with Crippen LogP contribution in [-0.4, -0.2) is 66.7 Å². The molecule has 0 spiro atoms. The zero-order valence-electron chi connectivity index (χ0n) is 19.7. The highest BCUT2D eigenvalue weighted by Crippen LogP contribution is 2.13. The van der Waals surface area contributed by atoms with Crippen molar-refractivity contribution in [1.82, 2.24) is 10.6 Å². The molecule has 0 fully saturated rings. The van der Waals surface area contributed by atoms with Crippen LogP contribution in [0.15, 0.2) is 4.99 Å². The molecule has 0 aliphatic rings. The fraction of sp³-hybridized carbons (Fsp3) is 0.750. The number of amides is 2. The number of carbonyl (C=O) groups is 4. The van der Waals surface area contributed by atoms with E-state index in [1.807, 2.05) is 0 Å². The Morgan fingerprint density at radius 3 is 2.06 bits per heavy atom. The van der Waals surface area contributed by atoms with Gasteiger partial charge in [0.25, 0.3) is 0 Å². The van der Waals surface area contributed by atoms with Crippen LogP contribution in [0.5, 0.6) is 0 Å². The molecule has 0 unspecified atom stereocenters. The number of esters is 1. The minimum absolute atomic E-state index is 0.0218. The van der Waals surface area contributed by atoms with E-state index < -0.39 is 36.1 Å². The third-order valence-corrected chi connectivity index (χ3v) is 4.26. The molecule has 0 aliphatic carbocycles. The van der Waals surface area contributed by atoms with E-state index in [0.717, 1.165) is 32.1 Å². The van der Waals surface area contributed by atoms with E-state index in [-0.39, 0.29) is 11.9 Å². The van der Waals surface area contributed by atoms with Crippen molar-refractivity contribution < 1.29 is 42.2 Å². The second-order valence-electron chi connectivity index (χ2n) is 7.29. The molecule has 2 amide bonds. The molecular weight excluding hydrogens is 463 g/mol. The first kappa shape index (κ1) is 33.1. The summed E-state index contributed by atoms with van der Waals surface area (Å²) in [5.41, 5.74) is 10.6. The highest BCUT2D eigenvalue weighted by Gasteiger charge is 2.38. The number of rotatable bonds is 14. The maximum absolute atomic E-state index is 12.4. The predicted octanol–water partition coefficient (Wildman–Crippen LogP) is 1.20. The third-order valence-electron chi connectivity index (χ3n) is 4.26. The molecule has 0 aromatic rings. The summed E-state index contributed by atoms with van der Waals surface area (Å²) in [6.45, 7) is 4.01. The molecular formula is C20H36F3N5O6. The first-order valence-corrected chi connectivity index (χ1v) is 10.8. The summed E-state index contributed by atoms with van der Waals surface area (Å²) in [5, 5.41) is 12.4. The van der Waals surface area contributed by atoms with Crippen molar-refractivity contribution in [1.29, 1.82) is 0 Å². The molecule has 0 saturated carbocycles. The maximum Gasteiger partial charge on any atom is 0.490 e. The molecule has 0 aliphatic heterocycles. The lowest BCUT2D eigenvalue weighted by Crippen LogP contribution is -2.51. The minimum atomic E-state index is -5.08. The number of nitrogens with two attached hydrogens (primary N) is 2. The average Bonchev–Trinajstić information content (AvgIpc) is 2.74. The number of alkyl halides is 3. The Morgan fingerprint density at radius 2 is 1.59 bits per heavy atom. The number of unbranched alkanes of at least 4 members (excludes halogenated alkanes) is 4. The Kier molecular flexibility index (Phi) is 17.9. The Hall–Kier alpha value is -3.06. The number of aliphatic carboxylic acids is 1. The van der Waals surface area contributed by atoms with Gasteiger partial charge in [0, 0.05) is 13.0 Å². The number of nitrogens with one attached hydrogen (secondary N) is 2. The van der Waals surface area contributed by atoms with Gasteiger partial charge in [-0.1, -0.05) is 32.6 Å². The summed E-state index contributed by atoms with van der Waals surface area (Å²) in [6, 6.07) is -1.55. The van der Waals surface area contributed by atoms with Gasteiger partial charge in [-0.3, -0.25) is 14.6 Å². The van der Waals surface area contributed by atoms with Gasteiger partial charge in [-0.2, -0.15) is 13.2 Å². The van der Waals surface area contributed by atoms with Gasteiger partial charge in [-0.05, 0) is 26.2 Å². The van der Waals surface area contributed by atoms with E-state index in [4.69, 9.17) is 21.4 Å². The zero-order chi connectivity index (χ0) is 26.7. The summed E-state index contributed by atoms with van der Waals surface area (Å²) in [7, 11) is 1.25. The third kappa shape index (κ3) is 18.5. The van der Waals surface area contributed by atoms with Gasteiger partial charge in [0.15, 0.2) is 5.96 Å². The number of nitrogens with zero attached hydrogens (tertiary/aromatic N) is 1. The SMILES string of the molecule is CCCCCCCC(=O)N[C@H](CCCN=C(N)N)C(=O)N[C@@H](C)C(=O)OC.O=C(O)C(F)(F)F. The van der Waals surface area contributed by atoms with Gasteiger partial charge in [-0.15, -0.1) is 0 Å². The number of ether oxygens (including phenoxy) is 1. The summed E-state index contributed by atoms with van der Waals surface area (Å²) in [6.07, 6.45) is 1.33. The van der Waals surface area contributed by atoms with E-state index in [1.165, 1.54) is 14.0 Å². The molecule has 198 valence electrons. The number of hydrogen-bond donors (Lipinski definition) is 5. The van der Waals surface area contributed by atoms with Gasteiger partial charge < -0.3 is 31.9 Å². The second-order valence-corrected chi connectivity index (χ2v) is 7.29. The molecule has 34 heavy (non-hydrogen) atoms. The lowest BCUT2D eigenvalue weighted by molar-refractivity contribution is -0.192. The summed E-state index contributed by atoms with van der Waals surface area (Å²) < 4.78 is 36.3. The van der Waals surface area contributed by atoms with Crippen molar-refractivity contribution in [2.45, 2.75) is 83.5 Å². The molecule has 11 nitrogen and oxygen atoms in total. The topological polar surface area (TPSA) is 186 Å². The lowest BCUT2D eigenvalue weighted by Gasteiger charge is -2.20. The van der Waals surface area contributed by atoms with Crippen LogP contribution in [-0.2, 0) is 23.9 Å². The highest BCUT2D eigenvalue weighted by molar-refractivity contribution is 5.90. The molecule has 0 aromatic carbocycles. The molecule has 0 saturated heterocycles. The van der Waals surface area contributed by atoms with Crippen LogP contribution in [0.3, 0.4) is 0 Å². The number of carbonyl (C=O) groups excluding carboxylic acids is 3. The molecule has 0 rings (SSSR count). The van der Waals surface area contributed by atoms with Crippen molar-refractivity contribution in [3.63, 3.8) is 0 Å². The summed E-state index contributed by atoms with van der Waals surface area (Å²) >= 11 is 0. The monoisotopic (exact) mass is 499 g/mol. The number of halogens is 3. The van der Waals surface area contributed by atoms with E-state index in [2.05, 4.69) is 27.3 Å². The maximum atomic E-state index is 12.4. The smallest absolute Gasteiger partial charge is 0.475 e. The van der Waals surface area contributed by atoms with Gasteiger partial charge in [0.05, 0.1) is 7.11 Å². The van der Waals surface area contributed by atoms with Crippen LogP contribution < -0.4 is 22.1 Å². The zero-order valence-corrected chi connectivity index (χ0v) is 19.7. The van der Waals surface area contributed by atoms with Crippen LogP contribution in [0, 0.1) is 0 Å². The van der Waals surface area contributed by atoms with E-state index in [1.54, 1.807) is 0 Å². The number of methoxy groups -OCH3 is 1. The van der Waals surface area contributed by atoms with Crippen LogP contribution in [0.2, 0.25) is 0 Å². The predicted molar refractivity (Wildman–Crippen MR) is 119 cm³/mol. The Morgan fingerprint density at radius 1 is 1.03 bits per heavy atom. The molecule has 0 bridgehead atoms. The van der Waals surface area contributed by atoms with Crippen molar-refractivity contribution in [2.75, 3.05) is 13.7 Å². The van der Waals surface area contributed by atoms with E-state index in [9.17, 15) is 27.6 Å². The molecule has 0 heterocycles. The highest BCUT2D eigenvalue weighted by atomic mass is 19.4. The van der Waals surface area contributed by atoms with Crippen LogP contribution in [0.4, 0.5) is 13.2 Å². The van der Waals surface area contributed by atoms with Crippen LogP contribution >= 0.6 is 0 Å². The molecule has 2 atom stereocenters. The molecule has 0 aromatic heterocycles. The first-order valence-electron chi connectivity index (χ1n) is 10.8. The van der Waals surface area contributed by atoms with E-state index in [0.29, 0.717) is 25.8 Å². The number of guanidine groups is 1. The van der Waals surface area contributed by atoms with Crippen molar-refractivity contribution >= 4 is 29.7 Å². The quantitative estimate of drug-likeness (QED) is 0.102. The van der Waals surface area contributed by atoms with Gasteiger partial charge >= 0.3 is 18.1 Å². The fourth-order valence-electron chi connectivity index (χ4n) is 2.48. The van der Waals surface area contributed by atoms with Crippen LogP contribution in [0.25, 0.3) is 0 Å². The lowest BCUT2D eigenvalue weighted by atomic mass is 10.1. The largest absolute Gasteiger partial charge is 0.490 e. The Balaban J connectivity index is 0. The normalized spacial score (nSPS) is 12.3. The van der Waals surface area contributed by atoms with Crippen molar-refractivity contribution in [3.05, 3.63) is 0 Å². The number of aliphatic imine (C=N–C) groups is 1. The standard InChI is InChI=1S/C18H35N5O4.C2HF3O2/c1-4-5-6-7-8-11-15(24)23-14(10-9-12-21-18(19)20)16(25)22-13(2)17(26)27-3;3-2(4,5)1(6)7/h13-14H,4-12H2,1-3H3,(H,22,25)(H,23,24)(H4,19,20,21);(H,6,7)/t13-,14+;/m0./s1. The average molecular weight is 500 g/mol. The fourth-order valence-corrected chi connectivity index (χ4v) is 2.48. The molecule has 14 heteroatoms. The second kappa shape index (κ2) is 18.4. The van der Waals surface area contributed by atoms with Crippen LogP contribution in [0.1, 0.15) is 65.2 Å². The Labute approximate surface area is 196 Å².